The predicted molar refractivity (Wildman–Crippen MR) is 60.9 cm³/mol. The van der Waals surface area contributed by atoms with Crippen LogP contribution < -0.4 is 5.73 Å². The van der Waals surface area contributed by atoms with Gasteiger partial charge < -0.3 is 10.6 Å². The molecule has 1 aromatic heterocycles. The largest absolute Gasteiger partial charge is 0.335 e. The summed E-state index contributed by atoms with van der Waals surface area (Å²) in [5.41, 5.74) is 5.61. The summed E-state index contributed by atoms with van der Waals surface area (Å²) in [6.45, 7) is 1.40. The van der Waals surface area contributed by atoms with Crippen LogP contribution in [0.4, 0.5) is 0 Å². The Kier molecular flexibility index (Phi) is 2.57. The fourth-order valence-corrected chi connectivity index (χ4v) is 3.06. The fourth-order valence-electron chi connectivity index (χ4n) is 1.27. The van der Waals surface area contributed by atoms with Gasteiger partial charge in [-0.2, -0.15) is 0 Å². The van der Waals surface area contributed by atoms with Crippen molar-refractivity contribution in [1.82, 2.24) is 4.90 Å². The summed E-state index contributed by atoms with van der Waals surface area (Å²) in [5, 5.41) is 1.94. The summed E-state index contributed by atoms with van der Waals surface area (Å²) in [4.78, 5) is 14.4. The number of thiophene rings is 1. The van der Waals surface area contributed by atoms with E-state index in [-0.39, 0.29) is 11.9 Å². The van der Waals surface area contributed by atoms with Gasteiger partial charge in [0.15, 0.2) is 0 Å². The Morgan fingerprint density at radius 2 is 2.38 bits per heavy atom. The van der Waals surface area contributed by atoms with Crippen molar-refractivity contribution in [3.05, 3.63) is 19.9 Å². The maximum atomic E-state index is 11.7. The van der Waals surface area contributed by atoms with Crippen LogP contribution in [0.5, 0.6) is 0 Å². The summed E-state index contributed by atoms with van der Waals surface area (Å²) < 4.78 is 1.04. The van der Waals surface area contributed by atoms with Crippen molar-refractivity contribution in [2.24, 2.45) is 5.73 Å². The van der Waals surface area contributed by atoms with Gasteiger partial charge in [0, 0.05) is 22.7 Å². The van der Waals surface area contributed by atoms with Gasteiger partial charge in [-0.05, 0) is 34.0 Å². The lowest BCUT2D eigenvalue weighted by atomic mass is 10.1. The van der Waals surface area contributed by atoms with E-state index in [1.54, 1.807) is 4.90 Å². The average Bonchev–Trinajstić information content (AvgIpc) is 2.44. The Morgan fingerprint density at radius 1 is 1.69 bits per heavy atom. The van der Waals surface area contributed by atoms with E-state index in [2.05, 4.69) is 22.6 Å². The lowest BCUT2D eigenvalue weighted by Crippen LogP contribution is -2.57. The molecule has 70 valence electrons. The second-order valence-electron chi connectivity index (χ2n) is 3.07. The number of carbonyl (C=O) groups is 1. The van der Waals surface area contributed by atoms with Crippen LogP contribution in [0.2, 0.25) is 0 Å². The van der Waals surface area contributed by atoms with Crippen molar-refractivity contribution in [2.45, 2.75) is 6.04 Å². The first-order valence-corrected chi connectivity index (χ1v) is 5.92. The minimum atomic E-state index is 0.126. The van der Waals surface area contributed by atoms with Crippen LogP contribution in [0.1, 0.15) is 9.67 Å². The molecular weight excluding hydrogens is 299 g/mol. The van der Waals surface area contributed by atoms with Crippen molar-refractivity contribution in [3.8, 4) is 0 Å². The summed E-state index contributed by atoms with van der Waals surface area (Å²) in [6, 6.07) is 2.14. The molecule has 13 heavy (non-hydrogen) atoms. The smallest absolute Gasteiger partial charge is 0.265 e. The number of amides is 1. The van der Waals surface area contributed by atoms with Crippen molar-refractivity contribution in [1.29, 1.82) is 0 Å². The zero-order valence-corrected chi connectivity index (χ0v) is 9.84. The van der Waals surface area contributed by atoms with Gasteiger partial charge in [0.25, 0.3) is 5.91 Å². The van der Waals surface area contributed by atoms with Gasteiger partial charge in [-0.3, -0.25) is 4.79 Å². The molecule has 1 fully saturated rings. The molecule has 1 saturated heterocycles. The van der Waals surface area contributed by atoms with Crippen LogP contribution in [-0.4, -0.2) is 29.9 Å². The van der Waals surface area contributed by atoms with Crippen LogP contribution in [0.25, 0.3) is 0 Å². The number of rotatable bonds is 1. The van der Waals surface area contributed by atoms with Gasteiger partial charge in [0.1, 0.15) is 4.88 Å². The van der Waals surface area contributed by atoms with Gasteiger partial charge in [-0.1, -0.05) is 0 Å². The Hall–Kier alpha value is -0.140. The molecule has 0 saturated carbocycles. The molecule has 2 rings (SSSR count). The third-order valence-corrected chi connectivity index (χ3v) is 4.18. The molecule has 0 bridgehead atoms. The number of hydrogen-bond acceptors (Lipinski definition) is 3. The van der Waals surface area contributed by atoms with E-state index in [4.69, 9.17) is 5.73 Å². The lowest BCUT2D eigenvalue weighted by molar-refractivity contribution is 0.0612. The van der Waals surface area contributed by atoms with Crippen molar-refractivity contribution < 1.29 is 4.79 Å². The minimum Gasteiger partial charge on any atom is -0.335 e. The van der Waals surface area contributed by atoms with E-state index < -0.39 is 0 Å². The second-order valence-corrected chi connectivity index (χ2v) is 5.15. The highest BCUT2D eigenvalue weighted by molar-refractivity contribution is 14.1. The third kappa shape index (κ3) is 1.72. The molecule has 1 aliphatic heterocycles. The molecule has 0 spiro atoms. The van der Waals surface area contributed by atoms with Gasteiger partial charge in [-0.15, -0.1) is 11.3 Å². The lowest BCUT2D eigenvalue weighted by Gasteiger charge is -2.36. The zero-order chi connectivity index (χ0) is 9.42. The van der Waals surface area contributed by atoms with Crippen LogP contribution in [0.3, 0.4) is 0 Å². The molecule has 0 radical (unpaired) electrons. The first-order chi connectivity index (χ1) is 6.18. The highest BCUT2D eigenvalue weighted by Crippen LogP contribution is 2.22. The average molecular weight is 308 g/mol. The van der Waals surface area contributed by atoms with E-state index in [1.165, 1.54) is 11.3 Å². The molecular formula is C8H9IN2OS. The Labute approximate surface area is 94.0 Å². The molecule has 2 N–H and O–H groups in total. The van der Waals surface area contributed by atoms with Crippen molar-refractivity contribution in [3.63, 3.8) is 0 Å². The van der Waals surface area contributed by atoms with Crippen molar-refractivity contribution in [2.75, 3.05) is 13.1 Å². The van der Waals surface area contributed by atoms with Crippen LogP contribution in [-0.2, 0) is 0 Å². The van der Waals surface area contributed by atoms with E-state index in [9.17, 15) is 4.79 Å². The molecule has 1 aliphatic rings. The maximum absolute atomic E-state index is 11.7. The Morgan fingerprint density at radius 3 is 2.85 bits per heavy atom. The molecule has 0 aromatic carbocycles. The van der Waals surface area contributed by atoms with Gasteiger partial charge in [0.2, 0.25) is 0 Å². The predicted octanol–water partition coefficient (Wildman–Crippen LogP) is 1.14. The van der Waals surface area contributed by atoms with Crippen LogP contribution in [0, 0.1) is 3.57 Å². The highest BCUT2D eigenvalue weighted by Gasteiger charge is 2.29. The van der Waals surface area contributed by atoms with Crippen LogP contribution in [0.15, 0.2) is 11.4 Å². The van der Waals surface area contributed by atoms with E-state index in [0.717, 1.165) is 8.45 Å². The maximum Gasteiger partial charge on any atom is 0.265 e. The third-order valence-electron chi connectivity index (χ3n) is 2.01. The molecule has 5 heteroatoms. The number of nitrogens with zero attached hydrogens (tertiary/aromatic N) is 1. The molecule has 2 heterocycles. The van der Waals surface area contributed by atoms with Gasteiger partial charge in [-0.25, -0.2) is 0 Å². The van der Waals surface area contributed by atoms with E-state index in [0.29, 0.717) is 13.1 Å². The SMILES string of the molecule is NC1CN(C(=O)c2sccc2I)C1. The molecule has 1 aromatic rings. The van der Waals surface area contributed by atoms with E-state index >= 15 is 0 Å². The topological polar surface area (TPSA) is 46.3 Å². The number of hydrogen-bond donors (Lipinski definition) is 1. The number of likely N-dealkylation sites (tertiary alicyclic amines) is 1. The molecule has 0 atom stereocenters. The molecule has 0 unspecified atom stereocenters. The Bertz CT molecular complexity index is 333. The van der Waals surface area contributed by atoms with E-state index in [1.807, 2.05) is 11.4 Å². The minimum absolute atomic E-state index is 0.126. The van der Waals surface area contributed by atoms with Gasteiger partial charge >= 0.3 is 0 Å². The normalized spacial score (nSPS) is 17.2. The number of nitrogens with two attached hydrogens (primary N) is 1. The summed E-state index contributed by atoms with van der Waals surface area (Å²) in [5.74, 6) is 0.126. The second kappa shape index (κ2) is 3.55. The van der Waals surface area contributed by atoms with Crippen molar-refractivity contribution >= 4 is 39.8 Å². The van der Waals surface area contributed by atoms with Crippen LogP contribution >= 0.6 is 33.9 Å². The number of halogens is 1. The number of carbonyl (C=O) groups excluding carboxylic acids is 1. The van der Waals surface area contributed by atoms with Gasteiger partial charge in [0.05, 0.1) is 0 Å². The molecule has 1 amide bonds. The quantitative estimate of drug-likeness (QED) is 0.791. The summed E-state index contributed by atoms with van der Waals surface area (Å²) in [7, 11) is 0. The summed E-state index contributed by atoms with van der Waals surface area (Å²) >= 11 is 3.68. The first kappa shape index (κ1) is 9.42. The Balaban J connectivity index is 2.10. The highest BCUT2D eigenvalue weighted by atomic mass is 127. The first-order valence-electron chi connectivity index (χ1n) is 3.96. The fraction of sp³-hybridized carbons (Fsp3) is 0.375. The summed E-state index contributed by atoms with van der Waals surface area (Å²) in [6.07, 6.45) is 0. The standard InChI is InChI=1S/C8H9IN2OS/c9-6-1-2-13-7(6)8(12)11-3-5(10)4-11/h1-2,5H,3-4,10H2. The molecule has 3 nitrogen and oxygen atoms in total. The molecule has 0 aliphatic carbocycles. The monoisotopic (exact) mass is 308 g/mol. The zero-order valence-electron chi connectivity index (χ0n) is 6.87.